The molecule has 0 heterocycles. The number of carbonyl (C=O) groups is 1. The molecule has 0 saturated heterocycles. The van der Waals surface area contributed by atoms with Gasteiger partial charge in [-0.05, 0) is 17.7 Å². The summed E-state index contributed by atoms with van der Waals surface area (Å²) in [6.45, 7) is 0.716. The molecule has 2 rings (SSSR count). The van der Waals surface area contributed by atoms with Crippen LogP contribution in [-0.4, -0.2) is 58.1 Å². The van der Waals surface area contributed by atoms with E-state index in [2.05, 4.69) is 0 Å². The number of ether oxygens (including phenoxy) is 4. The van der Waals surface area contributed by atoms with E-state index in [0.29, 0.717) is 19.4 Å². The van der Waals surface area contributed by atoms with Crippen LogP contribution >= 0.6 is 0 Å². The molecular formula is C20H29NO5. The summed E-state index contributed by atoms with van der Waals surface area (Å²) in [4.78, 5) is 13.7. The fraction of sp³-hybridized carbons (Fsp3) is 0.550. The van der Waals surface area contributed by atoms with Crippen molar-refractivity contribution in [1.29, 1.82) is 0 Å². The molecular weight excluding hydrogens is 334 g/mol. The van der Waals surface area contributed by atoms with Gasteiger partial charge in [0, 0.05) is 40.0 Å². The number of hydrogen-bond donors (Lipinski definition) is 0. The van der Waals surface area contributed by atoms with Crippen molar-refractivity contribution in [2.75, 3.05) is 35.1 Å². The molecule has 0 aliphatic heterocycles. The Bertz CT molecular complexity index is 584. The van der Waals surface area contributed by atoms with E-state index in [1.165, 1.54) is 0 Å². The van der Waals surface area contributed by atoms with Crippen molar-refractivity contribution in [3.8, 4) is 5.75 Å². The van der Waals surface area contributed by atoms with Gasteiger partial charge in [-0.15, -0.1) is 0 Å². The molecule has 144 valence electrons. The lowest BCUT2D eigenvalue weighted by Crippen LogP contribution is -2.35. The molecule has 1 aromatic carbocycles. The van der Waals surface area contributed by atoms with Crippen LogP contribution in [0.15, 0.2) is 36.4 Å². The minimum absolute atomic E-state index is 0.0329. The zero-order valence-electron chi connectivity index (χ0n) is 16.0. The minimum atomic E-state index is -0.0899. The van der Waals surface area contributed by atoms with Gasteiger partial charge in [0.25, 0.3) is 0 Å². The maximum atomic E-state index is 12.1. The zero-order valence-corrected chi connectivity index (χ0v) is 16.0. The number of methoxy groups -OCH3 is 2. The van der Waals surface area contributed by atoms with Gasteiger partial charge in [0.1, 0.15) is 12.5 Å². The van der Waals surface area contributed by atoms with Gasteiger partial charge >= 0.3 is 0 Å². The molecule has 0 N–H and O–H groups in total. The summed E-state index contributed by atoms with van der Waals surface area (Å²) in [6.07, 6.45) is 4.99. The lowest BCUT2D eigenvalue weighted by molar-refractivity contribution is -0.132. The van der Waals surface area contributed by atoms with Crippen LogP contribution in [0.4, 0.5) is 0 Å². The average molecular weight is 363 g/mol. The molecule has 6 nitrogen and oxygen atoms in total. The quantitative estimate of drug-likeness (QED) is 0.499. The molecule has 0 radical (unpaired) electrons. The first-order chi connectivity index (χ1) is 12.5. The third kappa shape index (κ3) is 6.12. The molecule has 6 heteroatoms. The van der Waals surface area contributed by atoms with Gasteiger partial charge in [0.2, 0.25) is 5.91 Å². The van der Waals surface area contributed by atoms with Crippen LogP contribution in [0.1, 0.15) is 18.4 Å². The first kappa shape index (κ1) is 20.4. The first-order valence-corrected chi connectivity index (χ1v) is 8.77. The van der Waals surface area contributed by atoms with E-state index < -0.39 is 0 Å². The largest absolute Gasteiger partial charge is 0.497 e. The monoisotopic (exact) mass is 363 g/mol. The summed E-state index contributed by atoms with van der Waals surface area (Å²) < 4.78 is 22.0. The molecule has 0 unspecified atom stereocenters. The fourth-order valence-corrected chi connectivity index (χ4v) is 2.85. The summed E-state index contributed by atoms with van der Waals surface area (Å²) >= 11 is 0. The Labute approximate surface area is 155 Å². The van der Waals surface area contributed by atoms with Crippen molar-refractivity contribution in [2.45, 2.75) is 31.7 Å². The van der Waals surface area contributed by atoms with Crippen molar-refractivity contribution < 1.29 is 23.7 Å². The minimum Gasteiger partial charge on any atom is -0.497 e. The summed E-state index contributed by atoms with van der Waals surface area (Å²) in [5.74, 6) is 0.941. The number of carbonyl (C=O) groups excluding carboxylic acids is 1. The summed E-state index contributed by atoms with van der Waals surface area (Å²) in [5.41, 5.74) is 1.06. The van der Waals surface area contributed by atoms with E-state index >= 15 is 0 Å². The second-order valence-corrected chi connectivity index (χ2v) is 6.59. The van der Waals surface area contributed by atoms with Crippen LogP contribution in [0.25, 0.3) is 0 Å². The predicted molar refractivity (Wildman–Crippen MR) is 98.9 cm³/mol. The Kier molecular flexibility index (Phi) is 8.09. The molecule has 0 bridgehead atoms. The van der Waals surface area contributed by atoms with Gasteiger partial charge in [0.05, 0.1) is 25.9 Å². The third-order valence-electron chi connectivity index (χ3n) is 4.45. The molecule has 0 spiro atoms. The van der Waals surface area contributed by atoms with Crippen LogP contribution in [0.3, 0.4) is 0 Å². The average Bonchev–Trinajstić information content (AvgIpc) is 2.66. The van der Waals surface area contributed by atoms with Crippen LogP contribution in [0, 0.1) is 5.92 Å². The van der Waals surface area contributed by atoms with E-state index in [4.69, 9.17) is 18.9 Å². The van der Waals surface area contributed by atoms with Crippen molar-refractivity contribution in [3.05, 3.63) is 42.0 Å². The highest BCUT2D eigenvalue weighted by Gasteiger charge is 2.30. The predicted octanol–water partition coefficient (Wildman–Crippen LogP) is 2.62. The van der Waals surface area contributed by atoms with Gasteiger partial charge < -0.3 is 23.8 Å². The van der Waals surface area contributed by atoms with Crippen LogP contribution in [0.2, 0.25) is 0 Å². The lowest BCUT2D eigenvalue weighted by atomic mass is 9.88. The lowest BCUT2D eigenvalue weighted by Gasteiger charge is -2.32. The third-order valence-corrected chi connectivity index (χ3v) is 4.45. The smallest absolute Gasteiger partial charge is 0.222 e. The van der Waals surface area contributed by atoms with Crippen molar-refractivity contribution in [1.82, 2.24) is 4.90 Å². The van der Waals surface area contributed by atoms with Crippen molar-refractivity contribution in [3.63, 3.8) is 0 Å². The molecule has 0 fully saturated rings. The molecule has 1 aliphatic carbocycles. The Balaban J connectivity index is 2.00. The molecule has 0 saturated carbocycles. The summed E-state index contributed by atoms with van der Waals surface area (Å²) in [5, 5.41) is 0. The van der Waals surface area contributed by atoms with Crippen molar-refractivity contribution in [2.24, 2.45) is 5.92 Å². The summed E-state index contributed by atoms with van der Waals surface area (Å²) in [7, 11) is 6.79. The Morgan fingerprint density at radius 2 is 1.85 bits per heavy atom. The van der Waals surface area contributed by atoms with Gasteiger partial charge in [0.15, 0.2) is 0 Å². The topological polar surface area (TPSA) is 57.2 Å². The van der Waals surface area contributed by atoms with Gasteiger partial charge in [-0.1, -0.05) is 24.3 Å². The molecule has 1 amide bonds. The number of hydrogen-bond acceptors (Lipinski definition) is 5. The van der Waals surface area contributed by atoms with Gasteiger partial charge in [-0.2, -0.15) is 0 Å². The molecule has 0 aromatic heterocycles. The number of amides is 1. The van der Waals surface area contributed by atoms with E-state index in [0.717, 1.165) is 11.3 Å². The normalized spacial score (nSPS) is 22.2. The zero-order chi connectivity index (χ0) is 18.9. The molecule has 26 heavy (non-hydrogen) atoms. The SMILES string of the molecule is COCO[C@H]1C=C[C@H](CC(=O)N(C)C)[C@@H](OCc2ccc(OC)cc2)C1. The summed E-state index contributed by atoms with van der Waals surface area (Å²) in [6, 6.07) is 7.79. The van der Waals surface area contributed by atoms with Gasteiger partial charge in [-0.3, -0.25) is 4.79 Å². The number of nitrogens with zero attached hydrogens (tertiary/aromatic N) is 1. The van der Waals surface area contributed by atoms with E-state index in [9.17, 15) is 4.79 Å². The number of benzene rings is 1. The molecule has 1 aromatic rings. The second kappa shape index (κ2) is 10.3. The highest BCUT2D eigenvalue weighted by Crippen LogP contribution is 2.27. The van der Waals surface area contributed by atoms with E-state index in [1.54, 1.807) is 33.2 Å². The van der Waals surface area contributed by atoms with Gasteiger partial charge in [-0.25, -0.2) is 0 Å². The van der Waals surface area contributed by atoms with E-state index in [-0.39, 0.29) is 30.8 Å². The standard InChI is InChI=1S/C20H29NO5/c1-21(2)20(22)11-16-7-10-18(26-14-23-3)12-19(16)25-13-15-5-8-17(24-4)9-6-15/h5-10,16,18-19H,11-14H2,1-4H3/t16-,18+,19+/m1/s1. The Morgan fingerprint density at radius 1 is 1.12 bits per heavy atom. The fourth-order valence-electron chi connectivity index (χ4n) is 2.85. The highest BCUT2D eigenvalue weighted by atomic mass is 16.7. The Hall–Kier alpha value is -1.89. The molecule has 1 aliphatic rings. The van der Waals surface area contributed by atoms with Crippen molar-refractivity contribution >= 4 is 5.91 Å². The van der Waals surface area contributed by atoms with Crippen LogP contribution in [0.5, 0.6) is 5.75 Å². The number of rotatable bonds is 9. The highest BCUT2D eigenvalue weighted by molar-refractivity contribution is 5.76. The van der Waals surface area contributed by atoms with E-state index in [1.807, 2.05) is 36.4 Å². The van der Waals surface area contributed by atoms with Crippen LogP contribution < -0.4 is 4.74 Å². The second-order valence-electron chi connectivity index (χ2n) is 6.59. The Morgan fingerprint density at radius 3 is 2.46 bits per heavy atom. The maximum Gasteiger partial charge on any atom is 0.222 e. The maximum absolute atomic E-state index is 12.1. The van der Waals surface area contributed by atoms with Crippen LogP contribution in [-0.2, 0) is 25.6 Å². The first-order valence-electron chi connectivity index (χ1n) is 8.77. The molecule has 3 atom stereocenters.